The van der Waals surface area contributed by atoms with Gasteiger partial charge in [-0.3, -0.25) is 0 Å². The van der Waals surface area contributed by atoms with Crippen molar-refractivity contribution in [2.45, 2.75) is 31.3 Å². The second-order valence-corrected chi connectivity index (χ2v) is 7.17. The summed E-state index contributed by atoms with van der Waals surface area (Å²) in [6, 6.07) is 8.03. The van der Waals surface area contributed by atoms with Gasteiger partial charge in [-0.05, 0) is 62.9 Å². The average molecular weight is 289 g/mol. The topological polar surface area (TPSA) is 32.7 Å². The lowest BCUT2D eigenvalue weighted by atomic mass is 9.66. The highest BCUT2D eigenvalue weighted by Crippen LogP contribution is 2.54. The molecule has 2 bridgehead atoms. The van der Waals surface area contributed by atoms with Crippen molar-refractivity contribution in [1.29, 1.82) is 0 Å². The first-order valence-electron chi connectivity index (χ1n) is 8.04. The minimum absolute atomic E-state index is 0.318. The first kappa shape index (κ1) is 14.9. The van der Waals surface area contributed by atoms with E-state index in [-0.39, 0.29) is 0 Å². The van der Waals surface area contributed by atoms with Gasteiger partial charge in [-0.15, -0.1) is 0 Å². The molecule has 1 N–H and O–H groups in total. The van der Waals surface area contributed by atoms with Crippen molar-refractivity contribution in [3.63, 3.8) is 0 Å². The number of aliphatic hydroxyl groups is 1. The van der Waals surface area contributed by atoms with Gasteiger partial charge in [0.2, 0.25) is 0 Å². The maximum absolute atomic E-state index is 11.6. The van der Waals surface area contributed by atoms with E-state index < -0.39 is 5.60 Å². The summed E-state index contributed by atoms with van der Waals surface area (Å²) in [5.74, 6) is 2.49. The number of benzene rings is 1. The standard InChI is InChI=1S/C18H27NO2/c1-19(2)12-17-14-8-7-13(9-14)11-18(17,20)15-5-4-6-16(10-15)21-3/h4-6,10,13-14,17,20H,7-9,11-12H2,1-3H3/t13-,14+,17+,18+/m1/s1. The molecule has 0 aromatic heterocycles. The van der Waals surface area contributed by atoms with Gasteiger partial charge in [0.25, 0.3) is 0 Å². The van der Waals surface area contributed by atoms with E-state index in [9.17, 15) is 5.11 Å². The first-order valence-corrected chi connectivity index (χ1v) is 8.04. The third-order valence-corrected chi connectivity index (χ3v) is 5.50. The summed E-state index contributed by atoms with van der Waals surface area (Å²) in [6.07, 6.45) is 4.75. The number of rotatable bonds is 4. The molecule has 3 nitrogen and oxygen atoms in total. The number of hydrogen-bond acceptors (Lipinski definition) is 3. The fourth-order valence-electron chi connectivity index (χ4n) is 4.56. The highest BCUT2D eigenvalue weighted by Gasteiger charge is 2.51. The maximum Gasteiger partial charge on any atom is 0.119 e. The van der Waals surface area contributed by atoms with Gasteiger partial charge in [0.05, 0.1) is 12.7 Å². The summed E-state index contributed by atoms with van der Waals surface area (Å²) >= 11 is 0. The molecule has 0 spiro atoms. The Morgan fingerprint density at radius 3 is 2.86 bits per heavy atom. The second-order valence-electron chi connectivity index (χ2n) is 7.17. The van der Waals surface area contributed by atoms with Crippen LogP contribution in [0.5, 0.6) is 5.75 Å². The molecule has 2 aliphatic rings. The Hall–Kier alpha value is -1.06. The van der Waals surface area contributed by atoms with Crippen molar-refractivity contribution in [2.24, 2.45) is 17.8 Å². The van der Waals surface area contributed by atoms with E-state index in [0.29, 0.717) is 17.8 Å². The van der Waals surface area contributed by atoms with Gasteiger partial charge >= 0.3 is 0 Å². The van der Waals surface area contributed by atoms with Crippen LogP contribution in [-0.4, -0.2) is 37.8 Å². The largest absolute Gasteiger partial charge is 0.497 e. The van der Waals surface area contributed by atoms with Crippen LogP contribution in [0.3, 0.4) is 0 Å². The Morgan fingerprint density at radius 1 is 1.33 bits per heavy atom. The maximum atomic E-state index is 11.6. The molecule has 0 aliphatic heterocycles. The van der Waals surface area contributed by atoms with Crippen LogP contribution in [-0.2, 0) is 5.60 Å². The zero-order valence-corrected chi connectivity index (χ0v) is 13.4. The van der Waals surface area contributed by atoms with E-state index in [1.165, 1.54) is 19.3 Å². The minimum Gasteiger partial charge on any atom is -0.497 e. The molecule has 0 unspecified atom stereocenters. The lowest BCUT2D eigenvalue weighted by Gasteiger charge is -2.45. The summed E-state index contributed by atoms with van der Waals surface area (Å²) in [5.41, 5.74) is 0.327. The lowest BCUT2D eigenvalue weighted by molar-refractivity contribution is -0.0892. The van der Waals surface area contributed by atoms with Gasteiger partial charge < -0.3 is 14.7 Å². The molecule has 0 heterocycles. The predicted octanol–water partition coefficient (Wildman–Crippen LogP) is 2.88. The van der Waals surface area contributed by atoms with E-state index >= 15 is 0 Å². The van der Waals surface area contributed by atoms with Crippen molar-refractivity contribution in [2.75, 3.05) is 27.7 Å². The SMILES string of the molecule is COc1cccc([C@@]2(O)C[C@@H]3CC[C@@H](C3)[C@@H]2CN(C)C)c1. The van der Waals surface area contributed by atoms with Gasteiger partial charge in [-0.2, -0.15) is 0 Å². The van der Waals surface area contributed by atoms with Crippen LogP contribution in [0.1, 0.15) is 31.2 Å². The van der Waals surface area contributed by atoms with Gasteiger partial charge in [-0.1, -0.05) is 18.6 Å². The molecule has 1 aromatic carbocycles. The zero-order chi connectivity index (χ0) is 15.0. The molecule has 4 atom stereocenters. The molecule has 1 aromatic rings. The fourth-order valence-corrected chi connectivity index (χ4v) is 4.56. The van der Waals surface area contributed by atoms with Gasteiger partial charge in [0.15, 0.2) is 0 Å². The quantitative estimate of drug-likeness (QED) is 0.925. The molecule has 2 fully saturated rings. The summed E-state index contributed by atoms with van der Waals surface area (Å²) in [6.45, 7) is 0.950. The molecule has 116 valence electrons. The number of methoxy groups -OCH3 is 1. The number of hydrogen-bond donors (Lipinski definition) is 1. The number of nitrogens with zero attached hydrogens (tertiary/aromatic N) is 1. The number of ether oxygens (including phenoxy) is 1. The van der Waals surface area contributed by atoms with Crippen LogP contribution in [0.4, 0.5) is 0 Å². The van der Waals surface area contributed by atoms with Gasteiger partial charge in [0.1, 0.15) is 5.75 Å². The molecule has 3 heteroatoms. The van der Waals surface area contributed by atoms with E-state index in [1.807, 2.05) is 18.2 Å². The Morgan fingerprint density at radius 2 is 2.14 bits per heavy atom. The summed E-state index contributed by atoms with van der Waals surface area (Å²) in [4.78, 5) is 2.22. The lowest BCUT2D eigenvalue weighted by Crippen LogP contribution is -2.47. The average Bonchev–Trinajstić information content (AvgIpc) is 2.87. The highest BCUT2D eigenvalue weighted by molar-refractivity contribution is 5.34. The van der Waals surface area contributed by atoms with Crippen LogP contribution < -0.4 is 4.74 Å². The van der Waals surface area contributed by atoms with Crippen LogP contribution in [0, 0.1) is 17.8 Å². The number of fused-ring (bicyclic) bond motifs is 2. The molecule has 3 rings (SSSR count). The van der Waals surface area contributed by atoms with Crippen LogP contribution in [0.15, 0.2) is 24.3 Å². The van der Waals surface area contributed by atoms with Crippen LogP contribution in [0.25, 0.3) is 0 Å². The summed E-state index contributed by atoms with van der Waals surface area (Å²) in [7, 11) is 5.89. The smallest absolute Gasteiger partial charge is 0.119 e. The molecule has 0 amide bonds. The third kappa shape index (κ3) is 2.69. The molecule has 0 saturated heterocycles. The monoisotopic (exact) mass is 289 g/mol. The van der Waals surface area contributed by atoms with Crippen LogP contribution >= 0.6 is 0 Å². The predicted molar refractivity (Wildman–Crippen MR) is 84.4 cm³/mol. The molecule has 0 radical (unpaired) electrons. The Bertz CT molecular complexity index is 502. The molecule has 2 saturated carbocycles. The van der Waals surface area contributed by atoms with Gasteiger partial charge in [-0.25, -0.2) is 0 Å². The summed E-state index contributed by atoms with van der Waals surface area (Å²) in [5, 5.41) is 11.6. The molecule has 21 heavy (non-hydrogen) atoms. The second kappa shape index (κ2) is 5.62. The van der Waals surface area contributed by atoms with E-state index in [0.717, 1.165) is 24.3 Å². The minimum atomic E-state index is -0.705. The zero-order valence-electron chi connectivity index (χ0n) is 13.4. The van der Waals surface area contributed by atoms with E-state index in [4.69, 9.17) is 4.74 Å². The normalized spacial score (nSPS) is 35.2. The van der Waals surface area contributed by atoms with Crippen molar-refractivity contribution in [3.05, 3.63) is 29.8 Å². The molecular weight excluding hydrogens is 262 g/mol. The molecular formula is C18H27NO2. The first-order chi connectivity index (χ1) is 10.0. The van der Waals surface area contributed by atoms with E-state index in [2.05, 4.69) is 25.1 Å². The Balaban J connectivity index is 1.98. The highest BCUT2D eigenvalue weighted by atomic mass is 16.5. The van der Waals surface area contributed by atoms with Crippen molar-refractivity contribution >= 4 is 0 Å². The molecule has 2 aliphatic carbocycles. The van der Waals surface area contributed by atoms with Crippen molar-refractivity contribution < 1.29 is 9.84 Å². The van der Waals surface area contributed by atoms with Crippen LogP contribution in [0.2, 0.25) is 0 Å². The Labute approximate surface area is 127 Å². The van der Waals surface area contributed by atoms with Crippen molar-refractivity contribution in [1.82, 2.24) is 4.90 Å². The summed E-state index contributed by atoms with van der Waals surface area (Å²) < 4.78 is 5.35. The third-order valence-electron chi connectivity index (χ3n) is 5.50. The Kier molecular flexibility index (Phi) is 3.98. The van der Waals surface area contributed by atoms with E-state index in [1.54, 1.807) is 7.11 Å². The van der Waals surface area contributed by atoms with Gasteiger partial charge in [0, 0.05) is 12.5 Å². The fraction of sp³-hybridized carbons (Fsp3) is 0.667. The van der Waals surface area contributed by atoms with Crippen molar-refractivity contribution in [3.8, 4) is 5.75 Å².